The molecule has 1 rings (SSSR count). The summed E-state index contributed by atoms with van der Waals surface area (Å²) >= 11 is 0. The van der Waals surface area contributed by atoms with E-state index < -0.39 is 0 Å². The number of nitrogens with zero attached hydrogens (tertiary/aromatic N) is 1. The highest BCUT2D eigenvalue weighted by atomic mass is 16.5. The molecule has 3 nitrogen and oxygen atoms in total. The van der Waals surface area contributed by atoms with Crippen molar-refractivity contribution in [2.45, 2.75) is 51.3 Å². The number of carbonyl (C=O) groups excluding carboxylic acids is 1. The third-order valence-electron chi connectivity index (χ3n) is 3.40. The molecule has 15 heavy (non-hydrogen) atoms. The monoisotopic (exact) mass is 211 g/mol. The molecule has 0 spiro atoms. The maximum absolute atomic E-state index is 11.1. The van der Waals surface area contributed by atoms with Gasteiger partial charge in [0.05, 0.1) is 0 Å². The van der Waals surface area contributed by atoms with Crippen LogP contribution in [0.1, 0.15) is 33.6 Å². The maximum atomic E-state index is 11.1. The molecule has 1 saturated heterocycles. The van der Waals surface area contributed by atoms with Gasteiger partial charge in [0.25, 0.3) is 0 Å². The zero-order valence-electron chi connectivity index (χ0n) is 10.1. The average Bonchev–Trinajstić information content (AvgIpc) is 2.13. The van der Waals surface area contributed by atoms with Crippen LogP contribution < -0.4 is 0 Å². The number of hydrogen-bond acceptors (Lipinski definition) is 3. The van der Waals surface area contributed by atoms with Crippen molar-refractivity contribution in [3.05, 3.63) is 12.7 Å². The van der Waals surface area contributed by atoms with Gasteiger partial charge in [0.2, 0.25) is 0 Å². The van der Waals surface area contributed by atoms with E-state index in [0.29, 0.717) is 6.04 Å². The van der Waals surface area contributed by atoms with E-state index in [0.717, 1.165) is 12.8 Å². The molecule has 0 amide bonds. The second-order valence-electron chi connectivity index (χ2n) is 4.98. The largest absolute Gasteiger partial charge is 0.459 e. The summed E-state index contributed by atoms with van der Waals surface area (Å²) in [5.41, 5.74) is 0.0871. The third-order valence-corrected chi connectivity index (χ3v) is 3.40. The second-order valence-corrected chi connectivity index (χ2v) is 4.98. The SMILES string of the molecule is C=CC(=O)OC1CC(C)N(C)C(C)(C)C1. The van der Waals surface area contributed by atoms with Gasteiger partial charge in [0, 0.05) is 24.1 Å². The first-order valence-corrected chi connectivity index (χ1v) is 5.43. The summed E-state index contributed by atoms with van der Waals surface area (Å²) in [4.78, 5) is 13.5. The molecule has 2 atom stereocenters. The van der Waals surface area contributed by atoms with E-state index in [-0.39, 0.29) is 17.6 Å². The lowest BCUT2D eigenvalue weighted by Crippen LogP contribution is -2.54. The molecule has 0 bridgehead atoms. The number of likely N-dealkylation sites (tertiary alicyclic amines) is 1. The number of rotatable bonds is 2. The van der Waals surface area contributed by atoms with E-state index in [4.69, 9.17) is 4.74 Å². The second kappa shape index (κ2) is 4.35. The van der Waals surface area contributed by atoms with Gasteiger partial charge < -0.3 is 4.74 Å². The van der Waals surface area contributed by atoms with Gasteiger partial charge in [-0.2, -0.15) is 0 Å². The van der Waals surface area contributed by atoms with E-state index >= 15 is 0 Å². The maximum Gasteiger partial charge on any atom is 0.330 e. The standard InChI is InChI=1S/C12H21NO2/c1-6-11(14)15-10-7-9(2)13(5)12(3,4)8-10/h6,9-10H,1,7-8H2,2-5H3. The van der Waals surface area contributed by atoms with Crippen LogP contribution in [0.2, 0.25) is 0 Å². The summed E-state index contributed by atoms with van der Waals surface area (Å²) in [5, 5.41) is 0. The summed E-state index contributed by atoms with van der Waals surface area (Å²) in [6, 6.07) is 0.441. The van der Waals surface area contributed by atoms with E-state index in [2.05, 4.69) is 39.3 Å². The minimum absolute atomic E-state index is 0.0247. The van der Waals surface area contributed by atoms with Gasteiger partial charge in [-0.05, 0) is 34.2 Å². The van der Waals surface area contributed by atoms with Crippen molar-refractivity contribution in [3.8, 4) is 0 Å². The van der Waals surface area contributed by atoms with Crippen LogP contribution in [0.15, 0.2) is 12.7 Å². The molecular weight excluding hydrogens is 190 g/mol. The van der Waals surface area contributed by atoms with Crippen molar-refractivity contribution in [3.63, 3.8) is 0 Å². The molecule has 0 saturated carbocycles. The Morgan fingerprint density at radius 2 is 2.20 bits per heavy atom. The van der Waals surface area contributed by atoms with Crippen LogP contribution in [-0.4, -0.2) is 35.6 Å². The van der Waals surface area contributed by atoms with E-state index in [1.165, 1.54) is 6.08 Å². The van der Waals surface area contributed by atoms with Crippen molar-refractivity contribution in [2.75, 3.05) is 7.05 Å². The number of hydrogen-bond donors (Lipinski definition) is 0. The summed E-state index contributed by atoms with van der Waals surface area (Å²) < 4.78 is 5.31. The van der Waals surface area contributed by atoms with Crippen LogP contribution in [0, 0.1) is 0 Å². The van der Waals surface area contributed by atoms with Crippen LogP contribution in [0.5, 0.6) is 0 Å². The zero-order valence-corrected chi connectivity index (χ0v) is 10.1. The highest BCUT2D eigenvalue weighted by Gasteiger charge is 2.37. The van der Waals surface area contributed by atoms with Crippen molar-refractivity contribution in [1.29, 1.82) is 0 Å². The zero-order chi connectivity index (χ0) is 11.6. The topological polar surface area (TPSA) is 29.5 Å². The van der Waals surface area contributed by atoms with Crippen molar-refractivity contribution in [1.82, 2.24) is 4.90 Å². The Balaban J connectivity index is 2.64. The molecule has 86 valence electrons. The van der Waals surface area contributed by atoms with Crippen LogP contribution in [0.4, 0.5) is 0 Å². The van der Waals surface area contributed by atoms with Crippen molar-refractivity contribution < 1.29 is 9.53 Å². The average molecular weight is 211 g/mol. The van der Waals surface area contributed by atoms with Gasteiger partial charge in [0.15, 0.2) is 0 Å². The summed E-state index contributed by atoms with van der Waals surface area (Å²) in [6.07, 6.45) is 3.04. The normalized spacial score (nSPS) is 30.9. The molecule has 0 N–H and O–H groups in total. The third kappa shape index (κ3) is 2.81. The highest BCUT2D eigenvalue weighted by molar-refractivity contribution is 5.81. The lowest BCUT2D eigenvalue weighted by atomic mass is 9.85. The van der Waals surface area contributed by atoms with E-state index in [1.807, 2.05) is 0 Å². The number of carbonyl (C=O) groups is 1. The first-order chi connectivity index (χ1) is 6.86. The molecule has 1 heterocycles. The Hall–Kier alpha value is -0.830. The minimum atomic E-state index is -0.312. The van der Waals surface area contributed by atoms with Crippen LogP contribution >= 0.6 is 0 Å². The van der Waals surface area contributed by atoms with Gasteiger partial charge in [-0.15, -0.1) is 0 Å². The van der Waals surface area contributed by atoms with Crippen LogP contribution in [0.25, 0.3) is 0 Å². The summed E-state index contributed by atoms with van der Waals surface area (Å²) in [6.45, 7) is 9.93. The lowest BCUT2D eigenvalue weighted by molar-refractivity contribution is -0.149. The van der Waals surface area contributed by atoms with Crippen molar-refractivity contribution in [2.24, 2.45) is 0 Å². The molecule has 0 aliphatic carbocycles. The molecule has 1 fully saturated rings. The van der Waals surface area contributed by atoms with E-state index in [9.17, 15) is 4.79 Å². The molecule has 0 aromatic carbocycles. The van der Waals surface area contributed by atoms with E-state index in [1.54, 1.807) is 0 Å². The number of esters is 1. The van der Waals surface area contributed by atoms with Gasteiger partial charge in [-0.1, -0.05) is 6.58 Å². The van der Waals surface area contributed by atoms with Crippen molar-refractivity contribution >= 4 is 5.97 Å². The lowest BCUT2D eigenvalue weighted by Gasteiger charge is -2.47. The minimum Gasteiger partial charge on any atom is -0.459 e. The molecule has 1 aliphatic heterocycles. The smallest absolute Gasteiger partial charge is 0.330 e. The molecule has 3 heteroatoms. The fourth-order valence-corrected chi connectivity index (χ4v) is 2.22. The van der Waals surface area contributed by atoms with Gasteiger partial charge in [-0.25, -0.2) is 4.79 Å². The Labute approximate surface area is 92.1 Å². The fraction of sp³-hybridized carbons (Fsp3) is 0.750. The highest BCUT2D eigenvalue weighted by Crippen LogP contribution is 2.31. The number of ether oxygens (including phenoxy) is 1. The van der Waals surface area contributed by atoms with Gasteiger partial charge in [-0.3, -0.25) is 4.90 Å². The van der Waals surface area contributed by atoms with Crippen LogP contribution in [-0.2, 0) is 9.53 Å². The summed E-state index contributed by atoms with van der Waals surface area (Å²) in [7, 11) is 2.12. The Morgan fingerprint density at radius 1 is 1.60 bits per heavy atom. The van der Waals surface area contributed by atoms with Gasteiger partial charge >= 0.3 is 5.97 Å². The molecular formula is C12H21NO2. The molecule has 1 aliphatic rings. The predicted molar refractivity (Wildman–Crippen MR) is 60.6 cm³/mol. The number of piperidine rings is 1. The predicted octanol–water partition coefficient (Wildman–Crippen LogP) is 1.98. The Morgan fingerprint density at radius 3 is 2.67 bits per heavy atom. The molecule has 0 aromatic rings. The molecule has 0 aromatic heterocycles. The fourth-order valence-electron chi connectivity index (χ4n) is 2.22. The van der Waals surface area contributed by atoms with Gasteiger partial charge in [0.1, 0.15) is 6.10 Å². The quantitative estimate of drug-likeness (QED) is 0.516. The summed E-state index contributed by atoms with van der Waals surface area (Å²) in [5.74, 6) is -0.312. The first kappa shape index (κ1) is 12.2. The molecule has 0 radical (unpaired) electrons. The van der Waals surface area contributed by atoms with Crippen LogP contribution in [0.3, 0.4) is 0 Å². The first-order valence-electron chi connectivity index (χ1n) is 5.43. The molecule has 2 unspecified atom stereocenters. The Kier molecular flexibility index (Phi) is 3.55. The Bertz CT molecular complexity index is 260.